The van der Waals surface area contributed by atoms with E-state index in [1.165, 1.54) is 11.1 Å². The summed E-state index contributed by atoms with van der Waals surface area (Å²) in [6, 6.07) is 8.30. The van der Waals surface area contributed by atoms with Crippen LogP contribution in [0.2, 0.25) is 0 Å². The minimum Gasteiger partial charge on any atom is -0.335 e. The molecule has 0 heterocycles. The summed E-state index contributed by atoms with van der Waals surface area (Å²) in [5.74, 6) is -0.267. The van der Waals surface area contributed by atoms with E-state index in [0.717, 1.165) is 25.7 Å². The molecule has 5 heteroatoms. The molecule has 0 radical (unpaired) electrons. The largest absolute Gasteiger partial charge is 0.335 e. The quantitative estimate of drug-likeness (QED) is 0.877. The van der Waals surface area contributed by atoms with E-state index >= 15 is 0 Å². The zero-order valence-electron chi connectivity index (χ0n) is 14.3. The van der Waals surface area contributed by atoms with Gasteiger partial charge in [-0.2, -0.15) is 0 Å². The highest BCUT2D eigenvalue weighted by Crippen LogP contribution is 2.33. The predicted molar refractivity (Wildman–Crippen MR) is 91.2 cm³/mol. The second-order valence-electron chi connectivity index (χ2n) is 6.35. The molecule has 2 atom stereocenters. The number of imide groups is 1. The molecule has 3 amide bonds. The third-order valence-corrected chi connectivity index (χ3v) is 4.51. The van der Waals surface area contributed by atoms with Crippen LogP contribution < -0.4 is 10.6 Å². The monoisotopic (exact) mass is 317 g/mol. The molecule has 2 N–H and O–H groups in total. The van der Waals surface area contributed by atoms with E-state index < -0.39 is 6.03 Å². The zero-order chi connectivity index (χ0) is 16.8. The second kappa shape index (κ2) is 8.11. The highest BCUT2D eigenvalue weighted by Gasteiger charge is 2.25. The topological polar surface area (TPSA) is 61.4 Å². The maximum Gasteiger partial charge on any atom is 0.321 e. The van der Waals surface area contributed by atoms with Gasteiger partial charge >= 0.3 is 6.03 Å². The van der Waals surface area contributed by atoms with Gasteiger partial charge in [0.05, 0.1) is 6.54 Å². The zero-order valence-corrected chi connectivity index (χ0v) is 14.3. The van der Waals surface area contributed by atoms with Crippen molar-refractivity contribution in [2.75, 3.05) is 13.6 Å². The molecule has 1 aliphatic carbocycles. The Hall–Kier alpha value is -1.88. The van der Waals surface area contributed by atoms with Crippen molar-refractivity contribution in [2.45, 2.75) is 51.6 Å². The first kappa shape index (κ1) is 17.5. The molecule has 0 unspecified atom stereocenters. The Bertz CT molecular complexity index is 559. The first-order valence-corrected chi connectivity index (χ1v) is 8.39. The van der Waals surface area contributed by atoms with Gasteiger partial charge in [0.15, 0.2) is 0 Å². The number of amides is 3. The van der Waals surface area contributed by atoms with E-state index in [1.807, 2.05) is 31.9 Å². The van der Waals surface area contributed by atoms with E-state index in [9.17, 15) is 9.59 Å². The normalized spacial score (nSPS) is 18.2. The minimum absolute atomic E-state index is 0.0609. The lowest BCUT2D eigenvalue weighted by atomic mass is 9.87. The van der Waals surface area contributed by atoms with Crippen LogP contribution in [0.4, 0.5) is 4.79 Å². The molecule has 0 spiro atoms. The number of carbonyl (C=O) groups excluding carboxylic acids is 2. The first-order valence-electron chi connectivity index (χ1n) is 8.39. The minimum atomic E-state index is -0.415. The standard InChI is InChI=1S/C18H27N3O2/c1-4-13(2)19-18(23)20-17(22)12-21(3)16-11-7-9-14-8-5-6-10-15(14)16/h5-6,8,10,13,16H,4,7,9,11-12H2,1-3H3,(H2,19,20,22,23)/t13-,16+/m0/s1. The first-order chi connectivity index (χ1) is 11.0. The number of hydrogen-bond acceptors (Lipinski definition) is 3. The van der Waals surface area contributed by atoms with Gasteiger partial charge in [0.2, 0.25) is 5.91 Å². The molecule has 0 aliphatic heterocycles. The van der Waals surface area contributed by atoms with Crippen molar-refractivity contribution in [3.05, 3.63) is 35.4 Å². The molecule has 1 aromatic carbocycles. The van der Waals surface area contributed by atoms with Crippen molar-refractivity contribution in [3.8, 4) is 0 Å². The van der Waals surface area contributed by atoms with Crippen LogP contribution in [-0.2, 0) is 11.2 Å². The maximum atomic E-state index is 12.1. The number of rotatable bonds is 5. The van der Waals surface area contributed by atoms with Crippen molar-refractivity contribution in [1.82, 2.24) is 15.5 Å². The van der Waals surface area contributed by atoms with E-state index in [4.69, 9.17) is 0 Å². The van der Waals surface area contributed by atoms with Crippen molar-refractivity contribution < 1.29 is 9.59 Å². The van der Waals surface area contributed by atoms with Crippen LogP contribution >= 0.6 is 0 Å². The van der Waals surface area contributed by atoms with Crippen molar-refractivity contribution in [2.24, 2.45) is 0 Å². The van der Waals surface area contributed by atoms with E-state index in [-0.39, 0.29) is 24.5 Å². The molecule has 0 aromatic heterocycles. The molecule has 2 rings (SSSR count). The summed E-state index contributed by atoms with van der Waals surface area (Å²) in [6.07, 6.45) is 4.10. The SMILES string of the molecule is CC[C@H](C)NC(=O)NC(=O)CN(C)[C@@H]1CCCc2ccccc21. The van der Waals surface area contributed by atoms with Gasteiger partial charge in [0.25, 0.3) is 0 Å². The van der Waals surface area contributed by atoms with Gasteiger partial charge in [-0.15, -0.1) is 0 Å². The summed E-state index contributed by atoms with van der Waals surface area (Å²) in [7, 11) is 1.94. The highest BCUT2D eigenvalue weighted by molar-refractivity contribution is 5.95. The van der Waals surface area contributed by atoms with Crippen molar-refractivity contribution in [1.29, 1.82) is 0 Å². The lowest BCUT2D eigenvalue weighted by Gasteiger charge is -2.32. The van der Waals surface area contributed by atoms with E-state index in [0.29, 0.717) is 0 Å². The molecule has 0 saturated carbocycles. The van der Waals surface area contributed by atoms with Crippen LogP contribution in [-0.4, -0.2) is 36.5 Å². The van der Waals surface area contributed by atoms with Gasteiger partial charge in [-0.05, 0) is 50.8 Å². The molecular weight excluding hydrogens is 290 g/mol. The summed E-state index contributed by atoms with van der Waals surface area (Å²) in [6.45, 7) is 4.11. The number of likely N-dealkylation sites (N-methyl/N-ethyl adjacent to an activating group) is 1. The van der Waals surface area contributed by atoms with E-state index in [2.05, 4.69) is 28.8 Å². The third kappa shape index (κ3) is 4.79. The van der Waals surface area contributed by atoms with Crippen LogP contribution in [0.25, 0.3) is 0 Å². The number of nitrogens with one attached hydrogen (secondary N) is 2. The molecular formula is C18H27N3O2. The summed E-state index contributed by atoms with van der Waals surface area (Å²) >= 11 is 0. The van der Waals surface area contributed by atoms with E-state index in [1.54, 1.807) is 0 Å². The predicted octanol–water partition coefficient (Wildman–Crippen LogP) is 2.62. The van der Waals surface area contributed by atoms with Crippen molar-refractivity contribution >= 4 is 11.9 Å². The Labute approximate surface area is 138 Å². The van der Waals surface area contributed by atoms with Gasteiger partial charge in [0, 0.05) is 12.1 Å². The van der Waals surface area contributed by atoms with Gasteiger partial charge in [-0.3, -0.25) is 15.0 Å². The molecule has 23 heavy (non-hydrogen) atoms. The fourth-order valence-corrected chi connectivity index (χ4v) is 3.05. The van der Waals surface area contributed by atoms with Crippen LogP contribution in [0, 0.1) is 0 Å². The average molecular weight is 317 g/mol. The summed E-state index contributed by atoms with van der Waals surface area (Å²) in [5, 5.41) is 5.15. The number of urea groups is 1. The van der Waals surface area contributed by atoms with Gasteiger partial charge in [0.1, 0.15) is 0 Å². The van der Waals surface area contributed by atoms with Crippen LogP contribution in [0.3, 0.4) is 0 Å². The summed E-state index contributed by atoms with van der Waals surface area (Å²) in [5.41, 5.74) is 2.67. The Morgan fingerprint density at radius 1 is 1.35 bits per heavy atom. The molecule has 1 aromatic rings. The molecule has 0 saturated heterocycles. The fourth-order valence-electron chi connectivity index (χ4n) is 3.05. The van der Waals surface area contributed by atoms with Gasteiger partial charge in [-0.25, -0.2) is 4.79 Å². The number of benzene rings is 1. The number of nitrogens with zero attached hydrogens (tertiary/aromatic N) is 1. The molecule has 1 aliphatic rings. The highest BCUT2D eigenvalue weighted by atomic mass is 16.2. The Kier molecular flexibility index (Phi) is 6.16. The maximum absolute atomic E-state index is 12.1. The number of hydrogen-bond donors (Lipinski definition) is 2. The lowest BCUT2D eigenvalue weighted by molar-refractivity contribution is -0.121. The molecule has 0 fully saturated rings. The van der Waals surface area contributed by atoms with Gasteiger partial charge < -0.3 is 5.32 Å². The molecule has 0 bridgehead atoms. The summed E-state index contributed by atoms with van der Waals surface area (Å²) in [4.78, 5) is 25.8. The Morgan fingerprint density at radius 3 is 2.83 bits per heavy atom. The van der Waals surface area contributed by atoms with Gasteiger partial charge in [-0.1, -0.05) is 31.2 Å². The fraction of sp³-hybridized carbons (Fsp3) is 0.556. The second-order valence-corrected chi connectivity index (χ2v) is 6.35. The third-order valence-electron chi connectivity index (χ3n) is 4.51. The van der Waals surface area contributed by atoms with Crippen molar-refractivity contribution in [3.63, 3.8) is 0 Å². The Balaban J connectivity index is 1.91. The number of aryl methyl sites for hydroxylation is 1. The van der Waals surface area contributed by atoms with Crippen LogP contribution in [0.15, 0.2) is 24.3 Å². The average Bonchev–Trinajstić information content (AvgIpc) is 2.53. The molecule has 126 valence electrons. The number of fused-ring (bicyclic) bond motifs is 1. The Morgan fingerprint density at radius 2 is 2.09 bits per heavy atom. The molecule has 5 nitrogen and oxygen atoms in total. The smallest absolute Gasteiger partial charge is 0.321 e. The lowest BCUT2D eigenvalue weighted by Crippen LogP contribution is -2.46. The number of carbonyl (C=O) groups is 2. The summed E-state index contributed by atoms with van der Waals surface area (Å²) < 4.78 is 0. The van der Waals surface area contributed by atoms with Crippen LogP contribution in [0.5, 0.6) is 0 Å². The van der Waals surface area contributed by atoms with Crippen LogP contribution in [0.1, 0.15) is 50.3 Å².